The predicted molar refractivity (Wildman–Crippen MR) is 73.8 cm³/mol. The Morgan fingerprint density at radius 2 is 0.280 bits per heavy atom. The van der Waals surface area contributed by atoms with E-state index in [1.165, 1.54) is 0 Å². The van der Waals surface area contributed by atoms with Crippen LogP contribution in [0.15, 0.2) is 0 Å². The third kappa shape index (κ3) is 4010. The van der Waals surface area contributed by atoms with Gasteiger partial charge in [0.25, 0.3) is 0 Å². The second-order valence-electron chi connectivity index (χ2n) is 1.70. The van der Waals surface area contributed by atoms with Gasteiger partial charge in [0.15, 0.2) is 0 Å². The van der Waals surface area contributed by atoms with Crippen LogP contribution in [0.25, 0.3) is 0 Å². The molecule has 25 heavy (non-hydrogen) atoms. The molecule has 0 radical (unpaired) electrons. The van der Waals surface area contributed by atoms with Crippen molar-refractivity contribution in [1.29, 1.82) is 0 Å². The lowest BCUT2D eigenvalue weighted by molar-refractivity contribution is 0.328. The van der Waals surface area contributed by atoms with Crippen molar-refractivity contribution in [3.8, 4) is 0 Å². The first-order valence-corrected chi connectivity index (χ1v) is 11.7. The highest BCUT2D eigenvalue weighted by molar-refractivity contribution is 6.23. The van der Waals surface area contributed by atoms with Gasteiger partial charge in [0.2, 0.25) is 0 Å². The molecular weight excluding hydrogens is 481 g/mol. The molecule has 148 valence electrons. The molecule has 0 aliphatic rings. The van der Waals surface area contributed by atoms with Crippen LogP contribution in [0, 0.1) is 0 Å². The van der Waals surface area contributed by atoms with Crippen molar-refractivity contribution < 1.29 is 84.3 Å². The molecule has 0 atom stereocenters. The van der Waals surface area contributed by atoms with E-state index in [0.717, 1.165) is 0 Å². The Labute approximate surface area is 162 Å². The molecule has 0 heterocycles. The topological polar surface area (TPSA) is 345 Å². The van der Waals surface area contributed by atoms with Gasteiger partial charge in [0, 0.05) is 0 Å². The number of hydrogen-bond donors (Lipinski definition) is 12. The second-order valence-corrected chi connectivity index (χ2v) is 5.09. The van der Waals surface area contributed by atoms with E-state index in [4.69, 9.17) is 84.3 Å². The normalized spacial score (nSPS) is 5.76. The number of hydrogen-bond acceptors (Lipinski definition) is 6. The minimum absolute atomic E-state index is 0. The maximum absolute atomic E-state index is 8.74. The summed E-state index contributed by atoms with van der Waals surface area (Å²) in [6.07, 6.45) is 0. The van der Waals surface area contributed by atoms with Crippen LogP contribution in [-0.2, 0) is 26.8 Å². The minimum Gasteiger partial charge on any atom is -0.511 e. The van der Waals surface area contributed by atoms with Gasteiger partial charge >= 0.3 is 78.1 Å². The second kappa shape index (κ2) is 38.2. The van der Waals surface area contributed by atoms with E-state index in [1.54, 1.807) is 0 Å². The highest BCUT2D eigenvalue weighted by atomic mass is 28.3. The Morgan fingerprint density at radius 3 is 0.280 bits per heavy atom. The summed E-state index contributed by atoms with van der Waals surface area (Å²) < 4.78 is 52.4. The van der Waals surface area contributed by atoms with Gasteiger partial charge in [-0.15, -0.1) is 0 Å². The van der Waals surface area contributed by atoms with Crippen LogP contribution >= 0.6 is 0 Å². The molecule has 0 aromatic rings. The van der Waals surface area contributed by atoms with Crippen molar-refractivity contribution in [2.75, 3.05) is 0 Å². The summed E-state index contributed by atoms with van der Waals surface area (Å²) in [4.78, 5) is 85.9. The minimum atomic E-state index is -3.13. The maximum Gasteiger partial charge on any atom is 0.761 e. The van der Waals surface area contributed by atoms with Crippen LogP contribution < -0.4 is 0 Å². The predicted octanol–water partition coefficient (Wildman–Crippen LogP) is -10.6. The lowest BCUT2D eigenvalue weighted by Crippen LogP contribution is -1.90. The molecule has 0 fully saturated rings. The molecule has 0 aromatic heterocycles. The highest BCUT2D eigenvalue weighted by Crippen LogP contribution is 1.29. The van der Waals surface area contributed by atoms with Crippen molar-refractivity contribution in [3.05, 3.63) is 0 Å². The summed E-state index contributed by atoms with van der Waals surface area (Å²) in [7, 11) is -18.8. The summed E-state index contributed by atoms with van der Waals surface area (Å²) in [5, 5.41) is 0. The first-order chi connectivity index (χ1) is 10.4. The quantitative estimate of drug-likeness (QED) is 0.139. The number of rotatable bonds is 0. The monoisotopic (exact) mass is 494 g/mol. The largest absolute Gasteiger partial charge is 0.761 e. The summed E-state index contributed by atoms with van der Waals surface area (Å²) in [5.41, 5.74) is 0. The Bertz CT molecular complexity index is 257. The Hall–Kier alpha value is -1.53. The third-order valence-corrected chi connectivity index (χ3v) is 0. The van der Waals surface area contributed by atoms with Gasteiger partial charge in [-0.3, -0.25) is 26.8 Å². The standard InChI is InChI=1S/Mg.6H2O3Si.2H/c;6*1-4(2)3;;/h;6*1-2H;;. The average molecular weight is 495 g/mol. The average Bonchev–Trinajstić information content (AvgIpc) is 2.08. The Morgan fingerprint density at radius 1 is 0.280 bits per heavy atom. The van der Waals surface area contributed by atoms with E-state index in [2.05, 4.69) is 0 Å². The van der Waals surface area contributed by atoms with E-state index >= 15 is 0 Å². The molecule has 0 spiro atoms. The highest BCUT2D eigenvalue weighted by Gasteiger charge is 1.86. The van der Waals surface area contributed by atoms with Crippen molar-refractivity contribution in [2.24, 2.45) is 0 Å². The molecule has 0 saturated heterocycles. The molecule has 0 aliphatic heterocycles. The van der Waals surface area contributed by atoms with Crippen LogP contribution in [0.4, 0.5) is 0 Å². The van der Waals surface area contributed by atoms with Gasteiger partial charge < -0.3 is 57.5 Å². The summed E-state index contributed by atoms with van der Waals surface area (Å²) >= 11 is 0. The summed E-state index contributed by atoms with van der Waals surface area (Å²) in [5.74, 6) is 0. The first-order valence-electron chi connectivity index (χ1n) is 3.91. The van der Waals surface area contributed by atoms with E-state index < -0.39 is 55.0 Å². The zero-order chi connectivity index (χ0) is 21.5. The molecular formula is H14MgO18Si6. The van der Waals surface area contributed by atoms with Gasteiger partial charge in [-0.25, -0.2) is 0 Å². The first kappa shape index (κ1) is 43.7. The van der Waals surface area contributed by atoms with Crippen LogP contribution in [0.2, 0.25) is 0 Å². The van der Waals surface area contributed by atoms with Gasteiger partial charge in [0.1, 0.15) is 0 Å². The van der Waals surface area contributed by atoms with E-state index in [1.807, 2.05) is 0 Å². The molecule has 0 saturated carbocycles. The van der Waals surface area contributed by atoms with Gasteiger partial charge in [-0.2, -0.15) is 0 Å². The Kier molecular flexibility index (Phi) is 66.7. The lowest BCUT2D eigenvalue weighted by atomic mass is 15.8. The fraction of sp³-hybridized carbons (Fsp3) is 0. The van der Waals surface area contributed by atoms with Gasteiger partial charge in [0.05, 0.1) is 0 Å². The summed E-state index contributed by atoms with van der Waals surface area (Å²) in [6, 6.07) is 0. The lowest BCUT2D eigenvalue weighted by Gasteiger charge is -1.55. The van der Waals surface area contributed by atoms with E-state index in [0.29, 0.717) is 0 Å². The molecule has 0 aromatic carbocycles. The summed E-state index contributed by atoms with van der Waals surface area (Å²) in [6.45, 7) is 0. The molecule has 12 N–H and O–H groups in total. The van der Waals surface area contributed by atoms with E-state index in [-0.39, 0.29) is 23.1 Å². The fourth-order valence-electron chi connectivity index (χ4n) is 0. The van der Waals surface area contributed by atoms with Gasteiger partial charge in [-0.1, -0.05) is 0 Å². The van der Waals surface area contributed by atoms with Crippen molar-refractivity contribution in [2.45, 2.75) is 0 Å². The van der Waals surface area contributed by atoms with Crippen molar-refractivity contribution >= 4 is 78.1 Å². The van der Waals surface area contributed by atoms with Crippen molar-refractivity contribution in [1.82, 2.24) is 0 Å². The molecule has 25 heteroatoms. The van der Waals surface area contributed by atoms with Crippen LogP contribution in [0.5, 0.6) is 0 Å². The molecule has 0 bridgehead atoms. The molecule has 0 aliphatic carbocycles. The van der Waals surface area contributed by atoms with E-state index in [9.17, 15) is 0 Å². The molecule has 0 rings (SSSR count). The zero-order valence-electron chi connectivity index (χ0n) is 10.8. The van der Waals surface area contributed by atoms with Crippen molar-refractivity contribution in [3.63, 3.8) is 0 Å². The fourth-order valence-corrected chi connectivity index (χ4v) is 0. The van der Waals surface area contributed by atoms with Gasteiger partial charge in [-0.05, 0) is 0 Å². The third-order valence-electron chi connectivity index (χ3n) is 0. The zero-order valence-corrected chi connectivity index (χ0v) is 16.8. The Balaban J connectivity index is -0.0000000309. The SMILES string of the molecule is O=[Si](O)O.O=[Si](O)O.O=[Si](O)O.O=[Si](O)O.O=[Si](O)O.O=[Si](O)O.[MgH2]. The smallest absolute Gasteiger partial charge is 0.511 e. The van der Waals surface area contributed by atoms with Crippen LogP contribution in [0.1, 0.15) is 0 Å². The molecule has 0 amide bonds. The molecule has 0 unspecified atom stereocenters. The van der Waals surface area contributed by atoms with Crippen LogP contribution in [0.3, 0.4) is 0 Å². The van der Waals surface area contributed by atoms with Crippen LogP contribution in [-0.4, -0.2) is 136 Å². The maximum atomic E-state index is 8.74. The molecule has 18 nitrogen and oxygen atoms in total.